The van der Waals surface area contributed by atoms with Crippen molar-refractivity contribution >= 4 is 22.4 Å². The number of thiazole rings is 1. The molecule has 0 radical (unpaired) electrons. The molecule has 0 bridgehead atoms. The Morgan fingerprint density at radius 3 is 2.92 bits per heavy atom. The van der Waals surface area contributed by atoms with Crippen molar-refractivity contribution in [3.63, 3.8) is 0 Å². The highest BCUT2D eigenvalue weighted by Crippen LogP contribution is 2.34. The first-order valence-electron chi connectivity index (χ1n) is 9.14. The van der Waals surface area contributed by atoms with E-state index < -0.39 is 0 Å². The van der Waals surface area contributed by atoms with Crippen LogP contribution in [-0.2, 0) is 17.6 Å². The van der Waals surface area contributed by atoms with Crippen molar-refractivity contribution in [3.8, 4) is 12.3 Å². The van der Waals surface area contributed by atoms with Gasteiger partial charge in [0.05, 0.1) is 12.2 Å². The van der Waals surface area contributed by atoms with Gasteiger partial charge in [0.25, 0.3) is 0 Å². The number of anilines is 1. The van der Waals surface area contributed by atoms with Gasteiger partial charge in [0.2, 0.25) is 5.91 Å². The van der Waals surface area contributed by atoms with Crippen LogP contribution >= 0.6 is 11.3 Å². The van der Waals surface area contributed by atoms with Crippen molar-refractivity contribution in [2.75, 3.05) is 25.0 Å². The molecule has 1 aliphatic heterocycles. The second kappa shape index (κ2) is 8.13. The van der Waals surface area contributed by atoms with Crippen molar-refractivity contribution in [3.05, 3.63) is 10.6 Å². The van der Waals surface area contributed by atoms with Gasteiger partial charge in [-0.3, -0.25) is 9.69 Å². The maximum Gasteiger partial charge on any atom is 0.229 e. The van der Waals surface area contributed by atoms with Crippen LogP contribution < -0.4 is 5.32 Å². The Hall–Kier alpha value is -1.38. The molecule has 0 aromatic carbocycles. The molecule has 1 aliphatic carbocycles. The quantitative estimate of drug-likeness (QED) is 0.833. The second-order valence-corrected chi connectivity index (χ2v) is 8.11. The van der Waals surface area contributed by atoms with Gasteiger partial charge in [-0.15, -0.1) is 17.8 Å². The Balaban J connectivity index is 1.54. The smallest absolute Gasteiger partial charge is 0.229 e. The molecule has 1 saturated heterocycles. The van der Waals surface area contributed by atoms with Gasteiger partial charge in [-0.2, -0.15) is 0 Å². The molecule has 24 heavy (non-hydrogen) atoms. The number of carbonyl (C=O) groups excluding carboxylic acids is 1. The van der Waals surface area contributed by atoms with Crippen LogP contribution in [0.2, 0.25) is 0 Å². The lowest BCUT2D eigenvalue weighted by atomic mass is 9.88. The van der Waals surface area contributed by atoms with Gasteiger partial charge in [0.1, 0.15) is 0 Å². The Morgan fingerprint density at radius 2 is 2.21 bits per heavy atom. The van der Waals surface area contributed by atoms with Crippen LogP contribution in [0, 0.1) is 24.2 Å². The maximum absolute atomic E-state index is 12.5. The van der Waals surface area contributed by atoms with E-state index in [0.717, 1.165) is 49.8 Å². The summed E-state index contributed by atoms with van der Waals surface area (Å²) in [7, 11) is 0. The highest BCUT2D eigenvalue weighted by molar-refractivity contribution is 7.15. The molecule has 2 aliphatic rings. The Kier molecular flexibility index (Phi) is 5.91. The summed E-state index contributed by atoms with van der Waals surface area (Å²) >= 11 is 1.69. The van der Waals surface area contributed by atoms with E-state index in [1.807, 2.05) is 0 Å². The van der Waals surface area contributed by atoms with E-state index in [1.165, 1.54) is 29.8 Å². The number of hydrogen-bond donors (Lipinski definition) is 1. The minimum atomic E-state index is 0.0905. The summed E-state index contributed by atoms with van der Waals surface area (Å²) in [4.78, 5) is 20.8. The Labute approximate surface area is 149 Å². The van der Waals surface area contributed by atoms with Crippen LogP contribution in [-0.4, -0.2) is 35.4 Å². The lowest BCUT2D eigenvalue weighted by Crippen LogP contribution is -2.38. The molecule has 0 unspecified atom stereocenters. The molecule has 1 aromatic rings. The molecule has 4 nitrogen and oxygen atoms in total. The average molecular weight is 346 g/mol. The zero-order chi connectivity index (χ0) is 16.9. The van der Waals surface area contributed by atoms with Crippen molar-refractivity contribution < 1.29 is 4.79 Å². The number of nitrogens with zero attached hydrogens (tertiary/aromatic N) is 2. The van der Waals surface area contributed by atoms with Crippen molar-refractivity contribution in [2.24, 2.45) is 11.8 Å². The minimum absolute atomic E-state index is 0.0905. The summed E-state index contributed by atoms with van der Waals surface area (Å²) in [6, 6.07) is 0. The normalized spacial score (nSPS) is 21.9. The van der Waals surface area contributed by atoms with Crippen LogP contribution in [0.1, 0.15) is 49.6 Å². The number of nitrogens with one attached hydrogen (secondary N) is 1. The standard InChI is InChI=1S/C19H27N3OS/c1-3-5-14-6-7-16-17(13-14)24-19(20-16)21-18(23)15-8-11-22(10-4-2)12-9-15/h2,14-15H,3,5-13H2,1H3,(H,20,21,23)/t14-/m1/s1. The fourth-order valence-corrected chi connectivity index (χ4v) is 4.97. The molecule has 1 atom stereocenters. The zero-order valence-electron chi connectivity index (χ0n) is 14.5. The van der Waals surface area contributed by atoms with E-state index in [4.69, 9.17) is 6.42 Å². The molecule has 5 heteroatoms. The van der Waals surface area contributed by atoms with Crippen molar-refractivity contribution in [1.82, 2.24) is 9.88 Å². The molecule has 1 aromatic heterocycles. The van der Waals surface area contributed by atoms with E-state index >= 15 is 0 Å². The van der Waals surface area contributed by atoms with E-state index in [1.54, 1.807) is 11.3 Å². The van der Waals surface area contributed by atoms with Gasteiger partial charge >= 0.3 is 0 Å². The first-order valence-corrected chi connectivity index (χ1v) is 9.96. The number of hydrogen-bond acceptors (Lipinski definition) is 4. The monoisotopic (exact) mass is 345 g/mol. The second-order valence-electron chi connectivity index (χ2n) is 7.03. The number of aromatic nitrogens is 1. The van der Waals surface area contributed by atoms with E-state index in [9.17, 15) is 4.79 Å². The van der Waals surface area contributed by atoms with Crippen LogP contribution in [0.5, 0.6) is 0 Å². The molecular formula is C19H27N3OS. The van der Waals surface area contributed by atoms with Gasteiger partial charge < -0.3 is 5.32 Å². The van der Waals surface area contributed by atoms with E-state index in [2.05, 4.69) is 28.0 Å². The predicted octanol–water partition coefficient (Wildman–Crippen LogP) is 3.33. The lowest BCUT2D eigenvalue weighted by Gasteiger charge is -2.29. The van der Waals surface area contributed by atoms with Gasteiger partial charge in [0.15, 0.2) is 5.13 Å². The molecule has 0 saturated carbocycles. The molecule has 3 rings (SSSR count). The molecular weight excluding hydrogens is 318 g/mol. The van der Waals surface area contributed by atoms with Crippen molar-refractivity contribution in [1.29, 1.82) is 0 Å². The summed E-state index contributed by atoms with van der Waals surface area (Å²) in [5.41, 5.74) is 1.21. The van der Waals surface area contributed by atoms with Crippen LogP contribution in [0.15, 0.2) is 0 Å². The summed E-state index contributed by atoms with van der Waals surface area (Å²) in [5, 5.41) is 3.87. The number of carbonyl (C=O) groups is 1. The highest BCUT2D eigenvalue weighted by atomic mass is 32.1. The third kappa shape index (κ3) is 4.17. The number of rotatable bonds is 5. The number of likely N-dealkylation sites (tertiary alicyclic amines) is 1. The van der Waals surface area contributed by atoms with Crippen molar-refractivity contribution in [2.45, 2.75) is 51.9 Å². The summed E-state index contributed by atoms with van der Waals surface area (Å²) in [6.45, 7) is 4.76. The molecule has 1 fully saturated rings. The molecule has 2 heterocycles. The minimum Gasteiger partial charge on any atom is -0.302 e. The number of piperidine rings is 1. The first-order chi connectivity index (χ1) is 11.7. The Bertz CT molecular complexity index is 611. The lowest BCUT2D eigenvalue weighted by molar-refractivity contribution is -0.121. The number of amides is 1. The number of terminal acetylenes is 1. The Morgan fingerprint density at radius 1 is 1.42 bits per heavy atom. The largest absolute Gasteiger partial charge is 0.302 e. The zero-order valence-corrected chi connectivity index (χ0v) is 15.3. The molecule has 1 N–H and O–H groups in total. The fraction of sp³-hybridized carbons (Fsp3) is 0.684. The fourth-order valence-electron chi connectivity index (χ4n) is 3.84. The van der Waals surface area contributed by atoms with E-state index in [0.29, 0.717) is 6.54 Å². The summed E-state index contributed by atoms with van der Waals surface area (Å²) < 4.78 is 0. The average Bonchev–Trinajstić information content (AvgIpc) is 2.97. The van der Waals surface area contributed by atoms with E-state index in [-0.39, 0.29) is 11.8 Å². The van der Waals surface area contributed by atoms with Crippen LogP contribution in [0.4, 0.5) is 5.13 Å². The first kappa shape index (κ1) is 17.4. The SMILES string of the molecule is C#CCN1CCC(C(=O)Nc2nc3c(s2)C[C@H](CCC)CC3)CC1. The number of aryl methyl sites for hydroxylation is 1. The van der Waals surface area contributed by atoms with Gasteiger partial charge in [-0.05, 0) is 51.1 Å². The van der Waals surface area contributed by atoms with Gasteiger partial charge in [-0.1, -0.05) is 25.7 Å². The topological polar surface area (TPSA) is 45.2 Å². The predicted molar refractivity (Wildman–Crippen MR) is 99.2 cm³/mol. The highest BCUT2D eigenvalue weighted by Gasteiger charge is 2.27. The molecule has 130 valence electrons. The third-order valence-corrected chi connectivity index (χ3v) is 6.28. The van der Waals surface area contributed by atoms with Gasteiger partial charge in [-0.25, -0.2) is 4.98 Å². The number of fused-ring (bicyclic) bond motifs is 1. The summed E-state index contributed by atoms with van der Waals surface area (Å²) in [5.74, 6) is 3.70. The van der Waals surface area contributed by atoms with Crippen LogP contribution in [0.25, 0.3) is 0 Å². The summed E-state index contributed by atoms with van der Waals surface area (Å²) in [6.07, 6.45) is 13.1. The molecule has 0 spiro atoms. The third-order valence-electron chi connectivity index (χ3n) is 5.24. The maximum atomic E-state index is 12.5. The van der Waals surface area contributed by atoms with Crippen LogP contribution in [0.3, 0.4) is 0 Å². The van der Waals surface area contributed by atoms with Gasteiger partial charge in [0, 0.05) is 10.8 Å². The molecule has 1 amide bonds.